The average molecular weight is 522 g/mol. The Kier molecular flexibility index (Phi) is 4.88. The topological polar surface area (TPSA) is 112 Å². The Morgan fingerprint density at radius 2 is 1.86 bits per heavy atom. The second-order valence-corrected chi connectivity index (χ2v) is 12.4. The van der Waals surface area contributed by atoms with Crippen LogP contribution in [0.15, 0.2) is 56.9 Å². The van der Waals surface area contributed by atoms with E-state index >= 15 is 0 Å². The molecule has 6 unspecified atom stereocenters. The molecular weight excluding hydrogens is 498 g/mol. The number of carbonyl (C=O) groups excluding carboxylic acids is 3. The van der Waals surface area contributed by atoms with Crippen molar-refractivity contribution in [1.82, 2.24) is 9.88 Å². The third kappa shape index (κ3) is 3.13. The summed E-state index contributed by atoms with van der Waals surface area (Å²) in [4.78, 5) is 57.0. The van der Waals surface area contributed by atoms with Gasteiger partial charge < -0.3 is 14.7 Å². The van der Waals surface area contributed by atoms with Crippen LogP contribution in [0.4, 0.5) is 5.69 Å². The molecule has 2 bridgehead atoms. The SMILES string of the molecule is Cc1ccc(NC(=O)CN2C(=O)C3C4CC(C3C2=O)C2C4Sc3[nH]c(=O)sc3[C@@H]2c2ccco2)cc1. The van der Waals surface area contributed by atoms with Crippen LogP contribution >= 0.6 is 23.1 Å². The van der Waals surface area contributed by atoms with Crippen LogP contribution < -0.4 is 10.2 Å². The number of H-pyrrole nitrogens is 1. The second kappa shape index (κ2) is 7.94. The van der Waals surface area contributed by atoms with E-state index in [4.69, 9.17) is 4.42 Å². The molecule has 2 aliphatic carbocycles. The zero-order valence-corrected chi connectivity index (χ0v) is 20.9. The largest absolute Gasteiger partial charge is 0.469 e. The van der Waals surface area contributed by atoms with Crippen LogP contribution in [0.25, 0.3) is 0 Å². The third-order valence-corrected chi connectivity index (χ3v) is 10.9. The number of aromatic nitrogens is 1. The zero-order chi connectivity index (χ0) is 24.7. The number of thioether (sulfide) groups is 1. The Hall–Kier alpha value is -3.11. The van der Waals surface area contributed by atoms with Crippen LogP contribution in [0.3, 0.4) is 0 Å². The van der Waals surface area contributed by atoms with Gasteiger partial charge in [0.05, 0.1) is 33.9 Å². The highest BCUT2D eigenvalue weighted by Gasteiger charge is 2.69. The number of fused-ring (bicyclic) bond motifs is 9. The number of likely N-dealkylation sites (tertiary alicyclic amines) is 1. The number of nitrogens with zero attached hydrogens (tertiary/aromatic N) is 1. The standard InChI is InChI=1S/C26H23N3O5S2/c1-11-4-6-12(7-5-11)27-16(30)10-29-24(31)18-13-9-14(19(18)25(29)32)21-17(13)20(15-3-2-8-34-15)22-23(35-21)28-26(33)36-22/h2-8,13-14,17-21H,9-10H2,1H3,(H,27,30)(H,28,33)/t13?,14?,17?,18?,19?,20-,21?/m1/s1. The maximum absolute atomic E-state index is 13.6. The molecule has 7 atom stereocenters. The lowest BCUT2D eigenvalue weighted by Gasteiger charge is -2.42. The highest BCUT2D eigenvalue weighted by molar-refractivity contribution is 8.00. The normalized spacial score (nSPS) is 31.9. The highest BCUT2D eigenvalue weighted by Crippen LogP contribution is 2.68. The van der Waals surface area contributed by atoms with Crippen LogP contribution in [0.5, 0.6) is 0 Å². The predicted molar refractivity (Wildman–Crippen MR) is 134 cm³/mol. The van der Waals surface area contributed by atoms with Gasteiger partial charge in [-0.15, -0.1) is 11.8 Å². The van der Waals surface area contributed by atoms with Crippen LogP contribution in [0.1, 0.15) is 28.5 Å². The van der Waals surface area contributed by atoms with Crippen molar-refractivity contribution >= 4 is 46.5 Å². The summed E-state index contributed by atoms with van der Waals surface area (Å²) >= 11 is 2.84. The fraction of sp³-hybridized carbons (Fsp3) is 0.385. The van der Waals surface area contributed by atoms with Gasteiger partial charge in [-0.3, -0.25) is 24.1 Å². The van der Waals surface area contributed by atoms with Crippen molar-refractivity contribution in [2.75, 3.05) is 11.9 Å². The van der Waals surface area contributed by atoms with Gasteiger partial charge in [0.15, 0.2) is 0 Å². The summed E-state index contributed by atoms with van der Waals surface area (Å²) < 4.78 is 5.82. The zero-order valence-electron chi connectivity index (χ0n) is 19.3. The fourth-order valence-corrected chi connectivity index (χ4v) is 9.87. The summed E-state index contributed by atoms with van der Waals surface area (Å²) in [7, 11) is 0. The van der Waals surface area contributed by atoms with E-state index in [9.17, 15) is 19.2 Å². The number of nitrogens with one attached hydrogen (secondary N) is 2. The molecule has 36 heavy (non-hydrogen) atoms. The van der Waals surface area contributed by atoms with Crippen molar-refractivity contribution in [3.8, 4) is 0 Å². The number of aromatic amines is 1. The minimum absolute atomic E-state index is 0.000406. The van der Waals surface area contributed by atoms with Gasteiger partial charge in [0.2, 0.25) is 17.7 Å². The van der Waals surface area contributed by atoms with Gasteiger partial charge in [-0.25, -0.2) is 0 Å². The minimum atomic E-state index is -0.425. The average Bonchev–Trinajstić information content (AvgIpc) is 3.66. The lowest BCUT2D eigenvalue weighted by molar-refractivity contribution is -0.143. The van der Waals surface area contributed by atoms with Gasteiger partial charge >= 0.3 is 4.87 Å². The Morgan fingerprint density at radius 3 is 2.58 bits per heavy atom. The van der Waals surface area contributed by atoms with Crippen LogP contribution in [0.2, 0.25) is 0 Å². The van der Waals surface area contributed by atoms with Gasteiger partial charge in [0.25, 0.3) is 0 Å². The van der Waals surface area contributed by atoms with Gasteiger partial charge in [-0.1, -0.05) is 29.0 Å². The van der Waals surface area contributed by atoms with Gasteiger partial charge in [-0.05, 0) is 55.4 Å². The molecular formula is C26H23N3O5S2. The molecule has 0 spiro atoms. The molecule has 184 valence electrons. The number of rotatable bonds is 4. The predicted octanol–water partition coefficient (Wildman–Crippen LogP) is 3.45. The lowest BCUT2D eigenvalue weighted by Crippen LogP contribution is -2.42. The van der Waals surface area contributed by atoms with Crippen molar-refractivity contribution in [1.29, 1.82) is 0 Å². The Morgan fingerprint density at radius 1 is 1.11 bits per heavy atom. The van der Waals surface area contributed by atoms with E-state index in [1.54, 1.807) is 30.2 Å². The van der Waals surface area contributed by atoms with Gasteiger partial charge in [0, 0.05) is 10.9 Å². The monoisotopic (exact) mass is 521 g/mol. The molecule has 8 nitrogen and oxygen atoms in total. The van der Waals surface area contributed by atoms with E-state index in [1.165, 1.54) is 16.2 Å². The van der Waals surface area contributed by atoms with E-state index in [0.29, 0.717) is 5.69 Å². The summed E-state index contributed by atoms with van der Waals surface area (Å²) in [6, 6.07) is 11.2. The fourth-order valence-electron chi connectivity index (χ4n) is 7.00. The third-order valence-electron chi connectivity index (χ3n) is 8.30. The van der Waals surface area contributed by atoms with E-state index in [-0.39, 0.29) is 58.1 Å². The summed E-state index contributed by atoms with van der Waals surface area (Å²) in [5, 5.41) is 3.75. The number of hydrogen-bond donors (Lipinski definition) is 2. The van der Waals surface area contributed by atoms with E-state index in [1.807, 2.05) is 31.2 Å². The van der Waals surface area contributed by atoms with Gasteiger partial charge in [-0.2, -0.15) is 0 Å². The van der Waals surface area contributed by atoms with E-state index in [2.05, 4.69) is 10.3 Å². The van der Waals surface area contributed by atoms with E-state index < -0.39 is 11.8 Å². The molecule has 0 radical (unpaired) electrons. The number of amides is 3. The number of thiazole rings is 1. The summed E-state index contributed by atoms with van der Waals surface area (Å²) in [6.07, 6.45) is 2.44. The molecule has 2 saturated carbocycles. The number of furan rings is 1. The molecule has 2 N–H and O–H groups in total. The number of anilines is 1. The van der Waals surface area contributed by atoms with Crippen LogP contribution in [-0.4, -0.2) is 39.4 Å². The first-order valence-corrected chi connectivity index (χ1v) is 13.7. The molecule has 1 saturated heterocycles. The number of benzene rings is 1. The lowest BCUT2D eigenvalue weighted by atomic mass is 9.69. The Labute approximate surface area is 214 Å². The van der Waals surface area contributed by atoms with Crippen LogP contribution in [0, 0.1) is 36.5 Å². The van der Waals surface area contributed by atoms with Crippen molar-refractivity contribution in [2.45, 2.75) is 29.5 Å². The second-order valence-electron chi connectivity index (χ2n) is 10.2. The van der Waals surface area contributed by atoms with Gasteiger partial charge in [0.1, 0.15) is 12.3 Å². The van der Waals surface area contributed by atoms with Crippen molar-refractivity contribution in [3.63, 3.8) is 0 Å². The first kappa shape index (κ1) is 22.1. The van der Waals surface area contributed by atoms with Crippen molar-refractivity contribution in [2.24, 2.45) is 29.6 Å². The quantitative estimate of drug-likeness (QED) is 0.509. The molecule has 2 aliphatic heterocycles. The Balaban J connectivity index is 1.17. The first-order chi connectivity index (χ1) is 17.4. The minimum Gasteiger partial charge on any atom is -0.469 e. The summed E-state index contributed by atoms with van der Waals surface area (Å²) in [5.74, 6) is -0.928. The number of imide groups is 1. The maximum Gasteiger partial charge on any atom is 0.305 e. The molecule has 4 heterocycles. The molecule has 3 fully saturated rings. The number of hydrogen-bond acceptors (Lipinski definition) is 7. The summed E-state index contributed by atoms with van der Waals surface area (Å²) in [5.41, 5.74) is 1.71. The summed E-state index contributed by atoms with van der Waals surface area (Å²) in [6.45, 7) is 1.69. The van der Waals surface area contributed by atoms with E-state index in [0.717, 1.165) is 27.6 Å². The van der Waals surface area contributed by atoms with Crippen molar-refractivity contribution in [3.05, 3.63) is 68.5 Å². The Bertz CT molecular complexity index is 1440. The molecule has 3 amide bonds. The molecule has 2 aromatic heterocycles. The maximum atomic E-state index is 13.6. The first-order valence-electron chi connectivity index (χ1n) is 12.1. The molecule has 1 aromatic carbocycles. The van der Waals surface area contributed by atoms with Crippen molar-refractivity contribution < 1.29 is 18.8 Å². The smallest absolute Gasteiger partial charge is 0.305 e. The number of aryl methyl sites for hydroxylation is 1. The molecule has 3 aromatic rings. The molecule has 7 rings (SSSR count). The van der Waals surface area contributed by atoms with Crippen LogP contribution in [-0.2, 0) is 14.4 Å². The molecule has 10 heteroatoms. The molecule has 4 aliphatic rings. The number of carbonyl (C=O) groups is 3. The highest BCUT2D eigenvalue weighted by atomic mass is 32.2.